The summed E-state index contributed by atoms with van der Waals surface area (Å²) in [6, 6.07) is 0. The first-order chi connectivity index (χ1) is 4.04. The Kier molecular flexibility index (Phi) is 13.3. The molecule has 0 unspecified atom stereocenters. The molecule has 0 fully saturated rings. The average molecular weight is 330 g/mol. The fraction of sp³-hybridized carbons (Fsp3) is 0.250. The van der Waals surface area contributed by atoms with Crippen molar-refractivity contribution >= 4 is 17.9 Å². The van der Waals surface area contributed by atoms with E-state index >= 15 is 0 Å². The predicted molar refractivity (Wildman–Crippen MR) is 24.4 cm³/mol. The summed E-state index contributed by atoms with van der Waals surface area (Å²) < 4.78 is 3.63. The molecule has 63 valence electrons. The van der Waals surface area contributed by atoms with E-state index in [1.165, 1.54) is 0 Å². The molecule has 0 bridgehead atoms. The first-order valence-corrected chi connectivity index (χ1v) is 1.99. The van der Waals surface area contributed by atoms with Gasteiger partial charge in [-0.2, -0.15) is 0 Å². The molecule has 0 saturated heterocycles. The first-order valence-electron chi connectivity index (χ1n) is 1.99. The van der Waals surface area contributed by atoms with Gasteiger partial charge in [0.05, 0.1) is 0 Å². The van der Waals surface area contributed by atoms with Crippen LogP contribution in [0.1, 0.15) is 6.92 Å². The number of aliphatic carboxylic acids is 1. The quantitative estimate of drug-likeness (QED) is 0.271. The van der Waals surface area contributed by atoms with Gasteiger partial charge in [-0.05, 0) is 0 Å². The fourth-order valence-corrected chi connectivity index (χ4v) is 0.174. The first kappa shape index (κ1) is 17.4. The molecule has 0 atom stereocenters. The smallest absolute Gasteiger partial charge is 0.424 e. The summed E-state index contributed by atoms with van der Waals surface area (Å²) in [5.74, 6) is -4.25. The number of carboxylic acid groups (broad SMARTS) is 1. The number of carboxylic acids is 1. The Morgan fingerprint density at radius 2 is 1.64 bits per heavy atom. The van der Waals surface area contributed by atoms with E-state index in [2.05, 4.69) is 4.74 Å². The number of esters is 2. The van der Waals surface area contributed by atoms with Crippen molar-refractivity contribution < 1.29 is 76.3 Å². The summed E-state index contributed by atoms with van der Waals surface area (Å²) in [5, 5.41) is 7.80. The molecule has 0 aliphatic carbocycles. The van der Waals surface area contributed by atoms with Crippen molar-refractivity contribution in [3.05, 3.63) is 0 Å². The van der Waals surface area contributed by atoms with Gasteiger partial charge in [0.25, 0.3) is 0 Å². The summed E-state index contributed by atoms with van der Waals surface area (Å²) in [6.45, 7) is 0.945. The van der Waals surface area contributed by atoms with Gasteiger partial charge in [-0.3, -0.25) is 4.79 Å². The minimum absolute atomic E-state index is 0. The van der Waals surface area contributed by atoms with Gasteiger partial charge in [0.1, 0.15) is 0 Å². The largest absolute Gasteiger partial charge is 0.473 e. The summed E-state index contributed by atoms with van der Waals surface area (Å²) in [7, 11) is 0. The maximum absolute atomic E-state index is 9.91. The molecule has 5 nitrogen and oxygen atoms in total. The number of hydrogen-bond donors (Lipinski definition) is 1. The van der Waals surface area contributed by atoms with E-state index in [4.69, 9.17) is 5.11 Å². The number of ether oxygens (including phenoxy) is 1. The minimum Gasteiger partial charge on any atom is -0.473 e. The topological polar surface area (TPSA) is 80.7 Å². The Bertz CT molecular complexity index is 168. The molecular weight excluding hydrogens is 326 g/mol. The van der Waals surface area contributed by atoms with Gasteiger partial charge in [0.2, 0.25) is 0 Å². The van der Waals surface area contributed by atoms with Crippen molar-refractivity contribution in [2.24, 2.45) is 0 Å². The van der Waals surface area contributed by atoms with Crippen LogP contribution in [0.5, 0.6) is 0 Å². The molecule has 0 aromatic carbocycles. The predicted octanol–water partition coefficient (Wildman–Crippen LogP) is -0.842. The van der Waals surface area contributed by atoms with Crippen molar-refractivity contribution in [1.82, 2.24) is 0 Å². The molecule has 7 heteroatoms. The number of carbonyl (C=O) groups excluding carboxylic acids is 2. The Labute approximate surface area is 100 Å². The van der Waals surface area contributed by atoms with Gasteiger partial charge >= 0.3 is 17.9 Å². The molecule has 0 spiro atoms. The van der Waals surface area contributed by atoms with Crippen molar-refractivity contribution in [2.45, 2.75) is 6.92 Å². The van der Waals surface area contributed by atoms with Crippen LogP contribution in [0.25, 0.3) is 0 Å². The molecule has 11 heavy (non-hydrogen) atoms. The Balaban J connectivity index is -0.000000320. The zero-order chi connectivity index (χ0) is 7.44. The second kappa shape index (κ2) is 8.40. The monoisotopic (exact) mass is 329 g/mol. The van der Waals surface area contributed by atoms with Crippen LogP contribution < -0.4 is 0 Å². The van der Waals surface area contributed by atoms with E-state index in [0.29, 0.717) is 0 Å². The van der Waals surface area contributed by atoms with Crippen LogP contribution in [-0.4, -0.2) is 23.0 Å². The fourth-order valence-electron chi connectivity index (χ4n) is 0.174. The number of hydrogen-bond acceptors (Lipinski definition) is 4. The van der Waals surface area contributed by atoms with E-state index in [1.54, 1.807) is 0 Å². The zero-order valence-electron chi connectivity index (χ0n) is 5.47. The molecular formula is C4H4LaNiO5. The molecule has 1 radical (unpaired) electrons. The molecule has 0 heterocycles. The van der Waals surface area contributed by atoms with Crippen LogP contribution >= 0.6 is 0 Å². The van der Waals surface area contributed by atoms with E-state index in [0.717, 1.165) is 6.92 Å². The van der Waals surface area contributed by atoms with Gasteiger partial charge in [-0.1, -0.05) is 0 Å². The molecule has 0 saturated carbocycles. The summed E-state index contributed by atoms with van der Waals surface area (Å²) in [4.78, 5) is 29.4. The standard InChI is InChI=1S/C4H4O5.La.Ni/c1-2(5)9-4(8)3(6)7;;/h1H3,(H,6,7);;. The summed E-state index contributed by atoms with van der Waals surface area (Å²) in [6.07, 6.45) is 0. The van der Waals surface area contributed by atoms with E-state index in [1.807, 2.05) is 0 Å². The Hall–Kier alpha value is 0.298. The number of rotatable bonds is 0. The zero-order valence-corrected chi connectivity index (χ0v) is 10.1. The van der Waals surface area contributed by atoms with Crippen molar-refractivity contribution in [3.8, 4) is 0 Å². The minimum atomic E-state index is -1.77. The molecule has 0 rings (SSSR count). The van der Waals surface area contributed by atoms with Gasteiger partial charge in [0.15, 0.2) is 0 Å². The molecule has 0 aromatic heterocycles. The second-order valence-electron chi connectivity index (χ2n) is 1.19. The summed E-state index contributed by atoms with van der Waals surface area (Å²) in [5.41, 5.74) is 0. The molecule has 0 aromatic rings. The average Bonchev–Trinajstić information content (AvgIpc) is 1.63. The van der Waals surface area contributed by atoms with E-state index < -0.39 is 17.9 Å². The van der Waals surface area contributed by atoms with E-state index in [9.17, 15) is 14.4 Å². The molecule has 1 N–H and O–H groups in total. The normalized spacial score (nSPS) is 6.64. The van der Waals surface area contributed by atoms with Crippen LogP contribution in [-0.2, 0) is 35.6 Å². The Morgan fingerprint density at radius 3 is 1.73 bits per heavy atom. The van der Waals surface area contributed by atoms with Crippen LogP contribution in [0.3, 0.4) is 0 Å². The van der Waals surface area contributed by atoms with Gasteiger partial charge in [-0.15, -0.1) is 0 Å². The molecule has 0 aliphatic rings. The third-order valence-electron chi connectivity index (χ3n) is 0.411. The third-order valence-corrected chi connectivity index (χ3v) is 0.411. The maximum Gasteiger partial charge on any atom is 0.424 e. The second-order valence-corrected chi connectivity index (χ2v) is 1.19. The third kappa shape index (κ3) is 10.3. The van der Waals surface area contributed by atoms with Gasteiger partial charge < -0.3 is 9.84 Å². The van der Waals surface area contributed by atoms with Crippen molar-refractivity contribution in [3.63, 3.8) is 0 Å². The Morgan fingerprint density at radius 1 is 1.27 bits per heavy atom. The maximum atomic E-state index is 9.91. The van der Waals surface area contributed by atoms with Crippen LogP contribution in [0, 0.1) is 35.6 Å². The van der Waals surface area contributed by atoms with Gasteiger partial charge in [0, 0.05) is 59.0 Å². The SMILES string of the molecule is CC(=O)OC(=O)C(=O)O.[La].[Ni]. The van der Waals surface area contributed by atoms with E-state index in [-0.39, 0.29) is 52.1 Å². The van der Waals surface area contributed by atoms with Crippen LogP contribution in [0.15, 0.2) is 0 Å². The van der Waals surface area contributed by atoms with Gasteiger partial charge in [-0.25, -0.2) is 9.59 Å². The molecule has 0 aliphatic heterocycles. The van der Waals surface area contributed by atoms with Crippen LogP contribution in [0.4, 0.5) is 0 Å². The van der Waals surface area contributed by atoms with Crippen molar-refractivity contribution in [1.29, 1.82) is 0 Å². The molecule has 0 amide bonds. The van der Waals surface area contributed by atoms with Crippen LogP contribution in [0.2, 0.25) is 0 Å². The summed E-state index contributed by atoms with van der Waals surface area (Å²) >= 11 is 0. The van der Waals surface area contributed by atoms with Crippen molar-refractivity contribution in [2.75, 3.05) is 0 Å². The number of carbonyl (C=O) groups is 3.